The minimum atomic E-state index is -0.255. The molecule has 0 unspecified atom stereocenters. The van der Waals surface area contributed by atoms with Crippen molar-refractivity contribution < 1.29 is 9.53 Å². The molecule has 5 nitrogen and oxygen atoms in total. The van der Waals surface area contributed by atoms with Crippen LogP contribution in [0.3, 0.4) is 0 Å². The molecule has 0 spiro atoms. The van der Waals surface area contributed by atoms with Gasteiger partial charge in [0.2, 0.25) is 0 Å². The monoisotopic (exact) mass is 465 g/mol. The average molecular weight is 466 g/mol. The van der Waals surface area contributed by atoms with Crippen molar-refractivity contribution in [2.75, 3.05) is 12.4 Å². The quantitative estimate of drug-likeness (QED) is 0.351. The van der Waals surface area contributed by atoms with E-state index in [1.54, 1.807) is 7.11 Å². The van der Waals surface area contributed by atoms with Gasteiger partial charge in [-0.05, 0) is 65.4 Å². The first kappa shape index (κ1) is 22.8. The molecule has 178 valence electrons. The van der Waals surface area contributed by atoms with Crippen molar-refractivity contribution in [1.82, 2.24) is 9.47 Å². The fourth-order valence-corrected chi connectivity index (χ4v) is 4.86. The SMILES string of the molecule is COc1ccc(C)cc1NC(=O)N1Cc2ccccc2-n2cccc2[C@@H]1c1ccc(C(C)C)cc1. The predicted octanol–water partition coefficient (Wildman–Crippen LogP) is 7.05. The standard InChI is InChI=1S/C30H31N3O2/c1-20(2)22-12-14-23(15-13-22)29-27-10-7-17-32(27)26-9-6-5-8-24(26)19-33(29)30(34)31-25-18-21(3)11-16-28(25)35-4/h5-18,20,29H,19H2,1-4H3,(H,31,34)/t29-/m0/s1. The molecule has 1 aliphatic rings. The third kappa shape index (κ3) is 4.30. The molecular weight excluding hydrogens is 434 g/mol. The van der Waals surface area contributed by atoms with Crippen LogP contribution in [-0.4, -0.2) is 22.6 Å². The summed E-state index contributed by atoms with van der Waals surface area (Å²) in [5.41, 5.74) is 7.32. The summed E-state index contributed by atoms with van der Waals surface area (Å²) < 4.78 is 7.73. The number of urea groups is 1. The summed E-state index contributed by atoms with van der Waals surface area (Å²) in [7, 11) is 1.62. The van der Waals surface area contributed by atoms with Crippen LogP contribution in [0.25, 0.3) is 5.69 Å². The molecule has 0 fully saturated rings. The fourth-order valence-electron chi connectivity index (χ4n) is 4.86. The Kier molecular flexibility index (Phi) is 6.08. The lowest BCUT2D eigenvalue weighted by atomic mass is 9.97. The Morgan fingerprint density at radius 3 is 2.51 bits per heavy atom. The van der Waals surface area contributed by atoms with Crippen LogP contribution >= 0.6 is 0 Å². The number of ether oxygens (including phenoxy) is 1. The number of nitrogens with one attached hydrogen (secondary N) is 1. The summed E-state index contributed by atoms with van der Waals surface area (Å²) in [6.07, 6.45) is 2.08. The zero-order chi connectivity index (χ0) is 24.5. The zero-order valence-corrected chi connectivity index (χ0v) is 20.7. The van der Waals surface area contributed by atoms with Crippen molar-refractivity contribution in [3.05, 3.63) is 113 Å². The first-order valence-electron chi connectivity index (χ1n) is 12.0. The summed E-state index contributed by atoms with van der Waals surface area (Å²) in [6, 6.07) is 26.5. The Morgan fingerprint density at radius 2 is 1.77 bits per heavy atom. The van der Waals surface area contributed by atoms with E-state index in [1.807, 2.05) is 48.2 Å². The van der Waals surface area contributed by atoms with Gasteiger partial charge in [-0.1, -0.05) is 62.4 Å². The molecule has 2 amide bonds. The van der Waals surface area contributed by atoms with Gasteiger partial charge in [-0.2, -0.15) is 0 Å². The van der Waals surface area contributed by atoms with E-state index in [-0.39, 0.29) is 12.1 Å². The Balaban J connectivity index is 1.62. The van der Waals surface area contributed by atoms with E-state index in [0.29, 0.717) is 23.9 Å². The maximum atomic E-state index is 14.0. The molecule has 1 N–H and O–H groups in total. The average Bonchev–Trinajstić information content (AvgIpc) is 3.28. The molecule has 5 heteroatoms. The van der Waals surface area contributed by atoms with Gasteiger partial charge in [0, 0.05) is 11.9 Å². The van der Waals surface area contributed by atoms with Gasteiger partial charge in [-0.15, -0.1) is 0 Å². The van der Waals surface area contributed by atoms with Crippen molar-refractivity contribution >= 4 is 11.7 Å². The van der Waals surface area contributed by atoms with Gasteiger partial charge in [0.15, 0.2) is 0 Å². The maximum Gasteiger partial charge on any atom is 0.323 e. The Morgan fingerprint density at radius 1 is 1.00 bits per heavy atom. The van der Waals surface area contributed by atoms with Crippen molar-refractivity contribution in [2.45, 2.75) is 39.3 Å². The summed E-state index contributed by atoms with van der Waals surface area (Å²) in [5, 5.41) is 3.14. The smallest absolute Gasteiger partial charge is 0.323 e. The maximum absolute atomic E-state index is 14.0. The molecule has 4 aromatic rings. The van der Waals surface area contributed by atoms with Crippen LogP contribution in [0.15, 0.2) is 85.1 Å². The molecule has 0 saturated heterocycles. The lowest BCUT2D eigenvalue weighted by Gasteiger charge is -2.31. The van der Waals surface area contributed by atoms with Crippen molar-refractivity contribution in [2.24, 2.45) is 0 Å². The number of hydrogen-bond acceptors (Lipinski definition) is 2. The molecule has 1 atom stereocenters. The third-order valence-corrected chi connectivity index (χ3v) is 6.74. The number of aryl methyl sites for hydroxylation is 1. The number of para-hydroxylation sites is 1. The van der Waals surface area contributed by atoms with Crippen molar-refractivity contribution in [3.8, 4) is 11.4 Å². The number of methoxy groups -OCH3 is 1. The van der Waals surface area contributed by atoms with Crippen LogP contribution in [0.4, 0.5) is 10.5 Å². The van der Waals surface area contributed by atoms with Gasteiger partial charge in [0.1, 0.15) is 5.75 Å². The van der Waals surface area contributed by atoms with Crippen LogP contribution in [0.1, 0.15) is 53.8 Å². The van der Waals surface area contributed by atoms with E-state index in [0.717, 1.165) is 28.1 Å². The van der Waals surface area contributed by atoms with Crippen molar-refractivity contribution in [1.29, 1.82) is 0 Å². The molecule has 0 saturated carbocycles. The van der Waals surface area contributed by atoms with Gasteiger partial charge in [-0.25, -0.2) is 4.79 Å². The minimum Gasteiger partial charge on any atom is -0.495 e. The summed E-state index contributed by atoms with van der Waals surface area (Å²) in [6.45, 7) is 6.87. The van der Waals surface area contributed by atoms with E-state index in [4.69, 9.17) is 4.74 Å². The molecule has 0 bridgehead atoms. The van der Waals surface area contributed by atoms with Gasteiger partial charge >= 0.3 is 6.03 Å². The molecule has 0 radical (unpaired) electrons. The van der Waals surface area contributed by atoms with Crippen molar-refractivity contribution in [3.63, 3.8) is 0 Å². The second kappa shape index (κ2) is 9.34. The van der Waals surface area contributed by atoms with Crippen LogP contribution in [-0.2, 0) is 6.54 Å². The topological polar surface area (TPSA) is 46.5 Å². The second-order valence-electron chi connectivity index (χ2n) is 9.42. The van der Waals surface area contributed by atoms with Gasteiger partial charge in [0.25, 0.3) is 0 Å². The predicted molar refractivity (Wildman–Crippen MR) is 140 cm³/mol. The normalized spacial score (nSPS) is 14.8. The molecule has 0 aliphatic carbocycles. The molecule has 1 aliphatic heterocycles. The number of carbonyl (C=O) groups excluding carboxylic acids is 1. The van der Waals surface area contributed by atoms with E-state index in [2.05, 4.69) is 72.4 Å². The van der Waals surface area contributed by atoms with Crippen LogP contribution in [0, 0.1) is 6.92 Å². The summed E-state index contributed by atoms with van der Waals surface area (Å²) in [5.74, 6) is 1.08. The lowest BCUT2D eigenvalue weighted by molar-refractivity contribution is 0.194. The first-order chi connectivity index (χ1) is 17.0. The van der Waals surface area contributed by atoms with E-state index < -0.39 is 0 Å². The molecule has 3 aromatic carbocycles. The van der Waals surface area contributed by atoms with Gasteiger partial charge in [0.05, 0.1) is 31.1 Å². The highest BCUT2D eigenvalue weighted by molar-refractivity contribution is 5.92. The molecule has 5 rings (SSSR count). The number of hydrogen-bond donors (Lipinski definition) is 1. The summed E-state index contributed by atoms with van der Waals surface area (Å²) >= 11 is 0. The van der Waals surface area contributed by atoms with Crippen LogP contribution in [0.5, 0.6) is 5.75 Å². The van der Waals surface area contributed by atoms with Crippen LogP contribution in [0.2, 0.25) is 0 Å². The largest absolute Gasteiger partial charge is 0.495 e. The minimum absolute atomic E-state index is 0.170. The number of anilines is 1. The molecular formula is C30H31N3O2. The third-order valence-electron chi connectivity index (χ3n) is 6.74. The number of rotatable bonds is 4. The van der Waals surface area contributed by atoms with E-state index in [9.17, 15) is 4.79 Å². The van der Waals surface area contributed by atoms with E-state index >= 15 is 0 Å². The first-order valence-corrected chi connectivity index (χ1v) is 12.0. The zero-order valence-electron chi connectivity index (χ0n) is 20.7. The number of fused-ring (bicyclic) bond motifs is 3. The molecule has 35 heavy (non-hydrogen) atoms. The van der Waals surface area contributed by atoms with Crippen LogP contribution < -0.4 is 10.1 Å². The van der Waals surface area contributed by atoms with E-state index in [1.165, 1.54) is 5.56 Å². The summed E-state index contributed by atoms with van der Waals surface area (Å²) in [4.78, 5) is 15.9. The Hall–Kier alpha value is -3.99. The number of nitrogens with zero attached hydrogens (tertiary/aromatic N) is 2. The number of carbonyl (C=O) groups is 1. The highest BCUT2D eigenvalue weighted by atomic mass is 16.5. The lowest BCUT2D eigenvalue weighted by Crippen LogP contribution is -2.38. The Labute approximate surface area is 207 Å². The Bertz CT molecular complexity index is 1350. The number of benzene rings is 3. The highest BCUT2D eigenvalue weighted by Gasteiger charge is 2.33. The molecule has 1 aromatic heterocycles. The molecule has 2 heterocycles. The number of amides is 2. The number of aromatic nitrogens is 1. The fraction of sp³-hybridized carbons (Fsp3) is 0.233. The highest BCUT2D eigenvalue weighted by Crippen LogP contribution is 2.38. The van der Waals surface area contributed by atoms with Gasteiger partial charge < -0.3 is 19.5 Å². The second-order valence-corrected chi connectivity index (χ2v) is 9.42. The van der Waals surface area contributed by atoms with Gasteiger partial charge in [-0.3, -0.25) is 0 Å².